The lowest BCUT2D eigenvalue weighted by atomic mass is 9.83. The molecule has 1 aromatic heterocycles. The second-order valence-electron chi connectivity index (χ2n) is 7.06. The number of hydrogen-bond donors (Lipinski definition) is 3. The summed E-state index contributed by atoms with van der Waals surface area (Å²) in [6.07, 6.45) is 1.88. The molecule has 1 aromatic carbocycles. The van der Waals surface area contributed by atoms with Crippen LogP contribution >= 0.6 is 0 Å². The van der Waals surface area contributed by atoms with E-state index in [1.165, 1.54) is 0 Å². The lowest BCUT2D eigenvalue weighted by Crippen LogP contribution is -2.32. The molecule has 0 spiro atoms. The van der Waals surface area contributed by atoms with Crippen molar-refractivity contribution in [3.05, 3.63) is 42.6 Å². The first-order valence-electron chi connectivity index (χ1n) is 8.30. The highest BCUT2D eigenvalue weighted by Crippen LogP contribution is 2.28. The van der Waals surface area contributed by atoms with Gasteiger partial charge in [-0.1, -0.05) is 33.8 Å². The van der Waals surface area contributed by atoms with Gasteiger partial charge >= 0.3 is 6.09 Å². The van der Waals surface area contributed by atoms with E-state index in [9.17, 15) is 9.59 Å². The molecule has 0 aliphatic carbocycles. The summed E-state index contributed by atoms with van der Waals surface area (Å²) in [4.78, 5) is 27.2. The van der Waals surface area contributed by atoms with Crippen LogP contribution in [0.1, 0.15) is 34.1 Å². The first-order valence-corrected chi connectivity index (χ1v) is 8.30. The quantitative estimate of drug-likeness (QED) is 0.714. The largest absolute Gasteiger partial charge is 0.418 e. The van der Waals surface area contributed by atoms with Gasteiger partial charge in [0, 0.05) is 23.4 Å². The molecule has 0 bridgehead atoms. The van der Waals surface area contributed by atoms with Crippen LogP contribution in [0.15, 0.2) is 42.6 Å². The van der Waals surface area contributed by atoms with Gasteiger partial charge in [0.25, 0.3) is 0 Å². The van der Waals surface area contributed by atoms with Crippen LogP contribution in [0, 0.1) is 11.3 Å². The predicted octanol–water partition coefficient (Wildman–Crippen LogP) is 4.64. The molecule has 0 saturated heterocycles. The summed E-state index contributed by atoms with van der Waals surface area (Å²) in [6, 6.07) is 10.3. The second-order valence-corrected chi connectivity index (χ2v) is 7.06. The zero-order chi connectivity index (χ0) is 18.4. The Morgan fingerprint density at radius 3 is 2.56 bits per heavy atom. The Morgan fingerprint density at radius 1 is 1.16 bits per heavy atom. The highest BCUT2D eigenvalue weighted by molar-refractivity contribution is 5.95. The van der Waals surface area contributed by atoms with Crippen LogP contribution in [0.2, 0.25) is 0 Å². The number of H-pyrrole nitrogens is 1. The fourth-order valence-corrected chi connectivity index (χ4v) is 2.70. The van der Waals surface area contributed by atoms with Gasteiger partial charge in [-0.15, -0.1) is 0 Å². The number of carbonyl (C=O) groups is 2. The molecule has 0 radical (unpaired) electrons. The van der Waals surface area contributed by atoms with Crippen LogP contribution in [-0.4, -0.2) is 17.0 Å². The monoisotopic (exact) mass is 343 g/mol. The lowest BCUT2D eigenvalue weighted by Gasteiger charge is -2.25. The lowest BCUT2D eigenvalue weighted by molar-refractivity contribution is -0.124. The third-order valence-corrected chi connectivity index (χ3v) is 3.67. The summed E-state index contributed by atoms with van der Waals surface area (Å²) >= 11 is 0. The molecular formula is C19H25N3O3. The number of benzene rings is 1. The van der Waals surface area contributed by atoms with Crippen LogP contribution in [0.4, 0.5) is 16.3 Å². The van der Waals surface area contributed by atoms with Crippen molar-refractivity contribution in [2.24, 2.45) is 11.3 Å². The molecule has 134 valence electrons. The molecule has 0 unspecified atom stereocenters. The van der Waals surface area contributed by atoms with Crippen molar-refractivity contribution in [1.82, 2.24) is 4.98 Å². The molecule has 3 N–H and O–H groups in total. The van der Waals surface area contributed by atoms with Crippen LogP contribution in [0.5, 0.6) is 5.75 Å². The van der Waals surface area contributed by atoms with Crippen LogP contribution in [0.25, 0.3) is 0 Å². The number of amides is 2. The number of aromatic amines is 1. The Balaban J connectivity index is 1.98. The molecule has 0 fully saturated rings. The summed E-state index contributed by atoms with van der Waals surface area (Å²) in [5.41, 5.74) is 0.114. The Morgan fingerprint density at radius 2 is 1.92 bits per heavy atom. The number of hydrogen-bond acceptors (Lipinski definition) is 3. The first-order chi connectivity index (χ1) is 11.8. The number of nitrogens with one attached hydrogen (secondary N) is 3. The van der Waals surface area contributed by atoms with E-state index in [1.54, 1.807) is 42.6 Å². The van der Waals surface area contributed by atoms with E-state index in [-0.39, 0.29) is 5.91 Å². The number of aromatic nitrogens is 1. The fraction of sp³-hybridized carbons (Fsp3) is 0.368. The molecule has 2 rings (SSSR count). The zero-order valence-corrected chi connectivity index (χ0v) is 15.1. The third kappa shape index (κ3) is 5.67. The minimum absolute atomic E-state index is 0.0609. The average Bonchev–Trinajstić information content (AvgIpc) is 2.98. The van der Waals surface area contributed by atoms with E-state index >= 15 is 0 Å². The maximum Gasteiger partial charge on any atom is 0.418 e. The smallest absolute Gasteiger partial charge is 0.410 e. The van der Waals surface area contributed by atoms with E-state index in [2.05, 4.69) is 29.5 Å². The van der Waals surface area contributed by atoms with Crippen molar-refractivity contribution < 1.29 is 14.3 Å². The summed E-state index contributed by atoms with van der Waals surface area (Å²) in [5.74, 6) is 1.26. The van der Waals surface area contributed by atoms with Crippen molar-refractivity contribution in [3.8, 4) is 5.75 Å². The SMILES string of the molecule is CC(C)CC(C)(C)C(=O)Nc1cccc(OC(=O)Nc2ccc[nH]2)c1. The number of ether oxygens (including phenoxy) is 1. The summed E-state index contributed by atoms with van der Waals surface area (Å²) < 4.78 is 5.24. The normalized spacial score (nSPS) is 11.2. The first kappa shape index (κ1) is 18.6. The molecular weight excluding hydrogens is 318 g/mol. The van der Waals surface area contributed by atoms with Crippen molar-refractivity contribution in [1.29, 1.82) is 0 Å². The molecule has 2 amide bonds. The molecule has 0 atom stereocenters. The highest BCUT2D eigenvalue weighted by Gasteiger charge is 2.28. The van der Waals surface area contributed by atoms with E-state index in [0.29, 0.717) is 23.2 Å². The van der Waals surface area contributed by atoms with Crippen molar-refractivity contribution in [3.63, 3.8) is 0 Å². The van der Waals surface area contributed by atoms with E-state index in [0.717, 1.165) is 6.42 Å². The fourth-order valence-electron chi connectivity index (χ4n) is 2.70. The predicted molar refractivity (Wildman–Crippen MR) is 98.7 cm³/mol. The van der Waals surface area contributed by atoms with Crippen LogP contribution in [0.3, 0.4) is 0 Å². The van der Waals surface area contributed by atoms with Gasteiger partial charge in [-0.3, -0.25) is 10.1 Å². The van der Waals surface area contributed by atoms with E-state index in [4.69, 9.17) is 4.74 Å². The Bertz CT molecular complexity index is 721. The van der Waals surface area contributed by atoms with Crippen LogP contribution in [-0.2, 0) is 4.79 Å². The standard InChI is InChI=1S/C19H25N3O3/c1-13(2)12-19(3,4)17(23)21-14-7-5-8-15(11-14)25-18(24)22-16-9-6-10-20-16/h5-11,13,20H,12H2,1-4H3,(H,21,23)(H,22,24). The van der Waals surface area contributed by atoms with Gasteiger partial charge in [-0.25, -0.2) is 4.79 Å². The Labute approximate surface area is 148 Å². The van der Waals surface area contributed by atoms with Gasteiger partial charge in [-0.05, 0) is 36.6 Å². The van der Waals surface area contributed by atoms with Gasteiger partial charge in [0.1, 0.15) is 11.6 Å². The molecule has 6 heteroatoms. The summed E-state index contributed by atoms with van der Waals surface area (Å²) in [7, 11) is 0. The van der Waals surface area contributed by atoms with E-state index < -0.39 is 11.5 Å². The van der Waals surface area contributed by atoms with E-state index in [1.807, 2.05) is 13.8 Å². The maximum absolute atomic E-state index is 12.5. The minimum Gasteiger partial charge on any atom is -0.410 e. The number of anilines is 2. The zero-order valence-electron chi connectivity index (χ0n) is 15.1. The minimum atomic E-state index is -0.605. The second kappa shape index (κ2) is 7.88. The Kier molecular flexibility index (Phi) is 5.85. The highest BCUT2D eigenvalue weighted by atomic mass is 16.6. The molecule has 1 heterocycles. The van der Waals surface area contributed by atoms with Crippen LogP contribution < -0.4 is 15.4 Å². The van der Waals surface area contributed by atoms with Gasteiger partial charge in [-0.2, -0.15) is 0 Å². The van der Waals surface area contributed by atoms with Gasteiger partial charge in [0.15, 0.2) is 0 Å². The molecule has 0 saturated carbocycles. The maximum atomic E-state index is 12.5. The number of rotatable bonds is 6. The average molecular weight is 343 g/mol. The van der Waals surface area contributed by atoms with Crippen molar-refractivity contribution in [2.45, 2.75) is 34.1 Å². The summed E-state index contributed by atoms with van der Waals surface area (Å²) in [5, 5.41) is 5.46. The molecule has 2 aromatic rings. The van der Waals surface area contributed by atoms with Gasteiger partial charge in [0.2, 0.25) is 5.91 Å². The third-order valence-electron chi connectivity index (χ3n) is 3.67. The molecule has 0 aliphatic rings. The number of carbonyl (C=O) groups excluding carboxylic acids is 2. The van der Waals surface area contributed by atoms with Crippen molar-refractivity contribution >= 4 is 23.5 Å². The molecule has 25 heavy (non-hydrogen) atoms. The molecule has 0 aliphatic heterocycles. The van der Waals surface area contributed by atoms with Gasteiger partial charge < -0.3 is 15.0 Å². The Hall–Kier alpha value is -2.76. The van der Waals surface area contributed by atoms with Crippen molar-refractivity contribution in [2.75, 3.05) is 10.6 Å². The topological polar surface area (TPSA) is 83.2 Å². The van der Waals surface area contributed by atoms with Gasteiger partial charge in [0.05, 0.1) is 0 Å². The molecule has 6 nitrogen and oxygen atoms in total. The summed E-state index contributed by atoms with van der Waals surface area (Å²) in [6.45, 7) is 8.03.